The Hall–Kier alpha value is -6.29. The highest BCUT2D eigenvalue weighted by atomic mass is 16.5. The van der Waals surface area contributed by atoms with Crippen molar-refractivity contribution in [3.05, 3.63) is 82.3 Å². The first-order valence-electron chi connectivity index (χ1n) is 20.5. The zero-order valence-electron chi connectivity index (χ0n) is 32.6. The van der Waals surface area contributed by atoms with Crippen molar-refractivity contribution >= 4 is 53.3 Å². The number of piperidine rings is 1. The molecule has 5 amide bonds. The molecule has 0 spiro atoms. The van der Waals surface area contributed by atoms with Gasteiger partial charge < -0.3 is 19.7 Å². The summed E-state index contributed by atoms with van der Waals surface area (Å²) in [7, 11) is 2.20. The minimum absolute atomic E-state index is 0.00550. The van der Waals surface area contributed by atoms with Gasteiger partial charge in [-0.1, -0.05) is 4.68 Å². The summed E-state index contributed by atoms with van der Waals surface area (Å²) in [5.74, 6) is -0.379. The van der Waals surface area contributed by atoms with Crippen LogP contribution in [0.4, 0.5) is 5.69 Å². The van der Waals surface area contributed by atoms with Crippen LogP contribution in [0.25, 0.3) is 11.8 Å². The molecule has 302 valence electrons. The third kappa shape index (κ3) is 7.15. The molecule has 16 nitrogen and oxygen atoms in total. The normalized spacial score (nSPS) is 25.6. The van der Waals surface area contributed by atoms with Crippen LogP contribution in [0.1, 0.15) is 95.3 Å². The Labute approximate surface area is 338 Å². The summed E-state index contributed by atoms with van der Waals surface area (Å²) < 4.78 is 16.0. The number of amides is 5. The first-order valence-corrected chi connectivity index (χ1v) is 20.5. The standard InChI is InChI=1S/C43H43N9O7/c1-49(28-16-30(17-28)59-29-9-10-31-32(18-29)43(57)52(42(31)56)36-11-12-38(53)47-41(36)55)27-7-5-24(6-8-27)21-50-22-26-15-35(37(19-34(26)48-50)58-23-25-3-4-25)46-40(54)33-20-45-51-14-2-13-44-39(33)51/h2,9-10,13-15,18-22,24-25,27-28,30,36H,3-8,11-12,16-17,23H2,1H3,(H-,46,47,53,54,55)/p+1/b50-21-. The molecule has 2 aromatic carbocycles. The number of carbonyl (C=O) groups is 5. The molecule has 59 heavy (non-hydrogen) atoms. The van der Waals surface area contributed by atoms with Gasteiger partial charge in [-0.2, -0.15) is 5.10 Å². The summed E-state index contributed by atoms with van der Waals surface area (Å²) in [4.78, 5) is 71.5. The molecule has 6 aliphatic rings. The van der Waals surface area contributed by atoms with Gasteiger partial charge in [-0.25, -0.2) is 9.50 Å². The zero-order valence-corrected chi connectivity index (χ0v) is 32.6. The molecule has 10 rings (SSSR count). The highest BCUT2D eigenvalue weighted by Gasteiger charge is 2.45. The molecule has 2 aromatic heterocycles. The lowest BCUT2D eigenvalue weighted by atomic mass is 9.82. The van der Waals surface area contributed by atoms with Crippen molar-refractivity contribution in [1.82, 2.24) is 29.7 Å². The maximum atomic E-state index is 13.4. The minimum Gasteiger partial charge on any atom is -0.491 e. The van der Waals surface area contributed by atoms with Gasteiger partial charge in [-0.3, -0.25) is 34.2 Å². The molecular weight excluding hydrogens is 755 g/mol. The van der Waals surface area contributed by atoms with Crippen molar-refractivity contribution in [2.75, 3.05) is 19.0 Å². The lowest BCUT2D eigenvalue weighted by Gasteiger charge is -2.45. The molecule has 3 aliphatic carbocycles. The van der Waals surface area contributed by atoms with Gasteiger partial charge in [-0.05, 0) is 88.2 Å². The maximum absolute atomic E-state index is 13.4. The van der Waals surface area contributed by atoms with E-state index in [0.717, 1.165) is 66.8 Å². The van der Waals surface area contributed by atoms with E-state index >= 15 is 0 Å². The number of hydrogen-bond donors (Lipinski definition) is 2. The molecule has 4 fully saturated rings. The van der Waals surface area contributed by atoms with E-state index in [2.05, 4.69) is 38.9 Å². The third-order valence-electron chi connectivity index (χ3n) is 12.6. The predicted molar refractivity (Wildman–Crippen MR) is 211 cm³/mol. The molecule has 5 heterocycles. The second kappa shape index (κ2) is 14.8. The molecule has 1 saturated heterocycles. The van der Waals surface area contributed by atoms with Gasteiger partial charge in [0.15, 0.2) is 11.9 Å². The first-order chi connectivity index (χ1) is 28.6. The topological polar surface area (TPSA) is 180 Å². The van der Waals surface area contributed by atoms with Crippen molar-refractivity contribution in [2.24, 2.45) is 16.9 Å². The van der Waals surface area contributed by atoms with E-state index in [1.54, 1.807) is 41.2 Å². The number of nitrogens with one attached hydrogen (secondary N) is 2. The fourth-order valence-corrected chi connectivity index (χ4v) is 8.89. The lowest BCUT2D eigenvalue weighted by Crippen LogP contribution is -2.54. The number of ether oxygens (including phenoxy) is 2. The van der Waals surface area contributed by atoms with E-state index in [9.17, 15) is 24.0 Å². The molecule has 3 aliphatic heterocycles. The number of rotatable bonds is 11. The molecule has 2 N–H and O–H groups in total. The third-order valence-corrected chi connectivity index (χ3v) is 12.6. The van der Waals surface area contributed by atoms with Crippen LogP contribution in [-0.2, 0) is 9.59 Å². The lowest BCUT2D eigenvalue weighted by molar-refractivity contribution is -0.424. The minimum atomic E-state index is -0.999. The van der Waals surface area contributed by atoms with Crippen LogP contribution in [0.2, 0.25) is 0 Å². The average molecular weight is 799 g/mol. The molecule has 1 unspecified atom stereocenters. The van der Waals surface area contributed by atoms with Crippen LogP contribution in [0.5, 0.6) is 11.5 Å². The van der Waals surface area contributed by atoms with Gasteiger partial charge in [0.2, 0.25) is 18.0 Å². The number of aromatic nitrogens is 3. The van der Waals surface area contributed by atoms with E-state index in [-0.39, 0.29) is 36.0 Å². The number of fused-ring (bicyclic) bond motifs is 3. The highest BCUT2D eigenvalue weighted by molar-refractivity contribution is 6.23. The van der Waals surface area contributed by atoms with Crippen molar-refractivity contribution in [2.45, 2.75) is 88.4 Å². The second-order valence-electron chi connectivity index (χ2n) is 16.6. The number of anilines is 1. The quantitative estimate of drug-likeness (QED) is 0.169. The predicted octanol–water partition coefficient (Wildman–Crippen LogP) is 2.64. The monoisotopic (exact) mass is 798 g/mol. The van der Waals surface area contributed by atoms with Gasteiger partial charge in [-0.15, -0.1) is 0 Å². The largest absolute Gasteiger partial charge is 0.491 e. The summed E-state index contributed by atoms with van der Waals surface area (Å²) in [6.45, 7) is 0.598. The Balaban J connectivity index is 0.738. The highest BCUT2D eigenvalue weighted by Crippen LogP contribution is 2.37. The van der Waals surface area contributed by atoms with Crippen molar-refractivity contribution < 1.29 is 38.1 Å². The number of imide groups is 2. The Morgan fingerprint density at radius 3 is 2.61 bits per heavy atom. The van der Waals surface area contributed by atoms with E-state index in [1.807, 2.05) is 23.0 Å². The molecule has 0 radical (unpaired) electrons. The number of nitrogens with zero attached hydrogens (tertiary/aromatic N) is 7. The Kier molecular flexibility index (Phi) is 9.30. The van der Waals surface area contributed by atoms with Gasteiger partial charge >= 0.3 is 0 Å². The van der Waals surface area contributed by atoms with Crippen LogP contribution in [-0.4, -0.2) is 103 Å². The van der Waals surface area contributed by atoms with Crippen LogP contribution in [0.15, 0.2) is 60.1 Å². The van der Waals surface area contributed by atoms with Crippen molar-refractivity contribution in [1.29, 1.82) is 0 Å². The Morgan fingerprint density at radius 2 is 1.81 bits per heavy atom. The van der Waals surface area contributed by atoms with Gasteiger partial charge in [0.1, 0.15) is 34.6 Å². The fourth-order valence-electron chi connectivity index (χ4n) is 8.89. The summed E-state index contributed by atoms with van der Waals surface area (Å²) in [6, 6.07) is 10.3. The van der Waals surface area contributed by atoms with Crippen molar-refractivity contribution in [3.8, 4) is 11.5 Å². The van der Waals surface area contributed by atoms with Gasteiger partial charge in [0.05, 0.1) is 34.8 Å². The second-order valence-corrected chi connectivity index (χ2v) is 16.6. The fraction of sp³-hybridized carbons (Fsp3) is 0.419. The molecule has 1 atom stereocenters. The number of hydrogen-bond acceptors (Lipinski definition) is 11. The maximum Gasteiger partial charge on any atom is 0.262 e. The zero-order chi connectivity index (χ0) is 40.4. The molecule has 3 saturated carbocycles. The average Bonchev–Trinajstić information content (AvgIpc) is 3.73. The summed E-state index contributed by atoms with van der Waals surface area (Å²) in [6.07, 6.45) is 17.5. The Morgan fingerprint density at radius 1 is 1.00 bits per heavy atom. The van der Waals surface area contributed by atoms with E-state index < -0.39 is 29.7 Å². The van der Waals surface area contributed by atoms with Crippen LogP contribution in [0.3, 0.4) is 0 Å². The van der Waals surface area contributed by atoms with Crippen molar-refractivity contribution in [3.63, 3.8) is 0 Å². The summed E-state index contributed by atoms with van der Waals surface area (Å²) in [5.41, 5.74) is 1.91. The van der Waals surface area contributed by atoms with Crippen LogP contribution >= 0.6 is 0 Å². The van der Waals surface area contributed by atoms with Gasteiger partial charge in [0.25, 0.3) is 17.7 Å². The smallest absolute Gasteiger partial charge is 0.262 e. The van der Waals surface area contributed by atoms with E-state index in [1.165, 1.54) is 6.20 Å². The number of carbonyl (C=O) groups excluding carboxylic acids is 5. The number of benzene rings is 2. The SMILES string of the molecule is CN(C1CCC(/C=[N+]2/C=c3cc(NC(=O)c4cnn5cccnc45)c(OCC4CC4)cc3=N2)CC1)C1CC(Oc2ccc3c(c2)C(=O)N(C2CCC(=O)NC2=O)C3=O)C1. The molecule has 0 bridgehead atoms. The van der Waals surface area contributed by atoms with Crippen LogP contribution in [0, 0.1) is 11.8 Å². The van der Waals surface area contributed by atoms with Gasteiger partial charge in [0, 0.05) is 60.8 Å². The Bertz CT molecular complexity index is 2590. The van der Waals surface area contributed by atoms with Crippen LogP contribution < -0.4 is 30.7 Å². The molecule has 4 aromatic rings. The van der Waals surface area contributed by atoms with E-state index in [0.29, 0.717) is 58.9 Å². The summed E-state index contributed by atoms with van der Waals surface area (Å²) in [5, 5.41) is 16.1. The first kappa shape index (κ1) is 37.0. The molecular formula is C43H44N9O7+. The summed E-state index contributed by atoms with van der Waals surface area (Å²) >= 11 is 0. The molecule has 16 heteroatoms. The van der Waals surface area contributed by atoms with E-state index in [4.69, 9.17) is 14.6 Å².